The highest BCUT2D eigenvalue weighted by atomic mass is 17.1. The fourth-order valence-electron chi connectivity index (χ4n) is 7.37. The van der Waals surface area contributed by atoms with Crippen LogP contribution in [0.4, 0.5) is 4.79 Å². The van der Waals surface area contributed by atoms with E-state index in [1.54, 1.807) is 22.8 Å². The van der Waals surface area contributed by atoms with Crippen LogP contribution >= 0.6 is 0 Å². The third-order valence-corrected chi connectivity index (χ3v) is 10.1. The molecule has 5 atom stereocenters. The number of hydrogen-bond donors (Lipinski definition) is 5. The minimum Gasteiger partial charge on any atom is -0.465 e. The molecule has 4 heterocycles. The van der Waals surface area contributed by atoms with E-state index >= 15 is 0 Å². The molecule has 0 saturated carbocycles. The van der Waals surface area contributed by atoms with E-state index in [0.29, 0.717) is 48.9 Å². The molecule has 338 valence electrons. The van der Waals surface area contributed by atoms with E-state index in [0.717, 1.165) is 22.3 Å². The summed E-state index contributed by atoms with van der Waals surface area (Å²) < 4.78 is 42.2. The fourth-order valence-corrected chi connectivity index (χ4v) is 7.37. The standard InChI is InChI=1S/C40H48N8O15/c1-4-55-38-41-30-14-9-13-29(33(30)46(38)20-24-15-17-25(18-16-24)27-11-5-6-12-28(27)36-42-44-45-43-36)37(49)61-40(2,3)62-39(50)60-32-23-58-34-31(22-57-35(32)34)56-19-8-7-10-26(63-48(53)54)21-59-47(51)52/h5-6,9,11-18,26,31-32,34-35,51-54H,4,7-8,10,19-23H2,1-3H3,(H,42,43,44,45)/t26?,31-,32-,34-,35-/m1/s1. The molecule has 0 aliphatic carbocycles. The molecule has 2 saturated heterocycles. The second-order valence-electron chi connectivity index (χ2n) is 14.9. The molecule has 2 aromatic heterocycles. The van der Waals surface area contributed by atoms with E-state index in [9.17, 15) is 9.59 Å². The van der Waals surface area contributed by atoms with Gasteiger partial charge in [0.15, 0.2) is 6.10 Å². The lowest BCUT2D eigenvalue weighted by molar-refractivity contribution is -0.527. The minimum absolute atomic E-state index is 0.0134. The average Bonchev–Trinajstić information content (AvgIpc) is 4.07. The van der Waals surface area contributed by atoms with E-state index < -0.39 is 59.2 Å². The number of ether oxygens (including phenoxy) is 7. The number of nitrogens with zero attached hydrogens (tertiary/aromatic N) is 7. The predicted octanol–water partition coefficient (Wildman–Crippen LogP) is 4.49. The Balaban J connectivity index is 0.940. The molecule has 23 nitrogen and oxygen atoms in total. The van der Waals surface area contributed by atoms with Crippen LogP contribution in [0.5, 0.6) is 6.01 Å². The number of para-hydroxylation sites is 1. The number of benzene rings is 3. The quantitative estimate of drug-likeness (QED) is 0.0294. The number of fused-ring (bicyclic) bond motifs is 2. The van der Waals surface area contributed by atoms with Gasteiger partial charge in [-0.3, -0.25) is 25.4 Å². The smallest absolute Gasteiger partial charge is 0.465 e. The van der Waals surface area contributed by atoms with Crippen LogP contribution in [0.2, 0.25) is 0 Å². The Hall–Kier alpha value is -5.70. The number of carbonyl (C=O) groups is 2. The van der Waals surface area contributed by atoms with Gasteiger partial charge >= 0.3 is 12.1 Å². The third kappa shape index (κ3) is 11.5. The number of aromatic nitrogens is 6. The SMILES string of the molecule is CCOc1nc2cccc(C(=O)OC(C)(C)OC(=O)O[C@@H]3CO[C@H]4[C@@H]3OC[C@H]4OCCCCC(CON(O)O)ON(O)O)c2n1Cc1ccc(-c2ccccc2-c2nn[nH]n2)cc1. The highest BCUT2D eigenvalue weighted by Gasteiger charge is 2.50. The molecule has 5 N–H and O–H groups in total. The van der Waals surface area contributed by atoms with E-state index in [4.69, 9.17) is 58.8 Å². The first-order valence-corrected chi connectivity index (χ1v) is 20.1. The van der Waals surface area contributed by atoms with Crippen molar-refractivity contribution in [3.8, 4) is 28.5 Å². The Morgan fingerprint density at radius 2 is 1.67 bits per heavy atom. The van der Waals surface area contributed by atoms with Gasteiger partial charge < -0.3 is 33.2 Å². The normalized spacial score (nSPS) is 19.1. The van der Waals surface area contributed by atoms with Gasteiger partial charge in [0.2, 0.25) is 5.82 Å². The summed E-state index contributed by atoms with van der Waals surface area (Å²) in [7, 11) is 0. The van der Waals surface area contributed by atoms with Gasteiger partial charge in [-0.25, -0.2) is 19.3 Å². The lowest BCUT2D eigenvalue weighted by atomic mass is 9.98. The fraction of sp³-hybridized carbons (Fsp3) is 0.450. The van der Waals surface area contributed by atoms with E-state index in [2.05, 4.69) is 30.4 Å². The number of rotatable bonds is 21. The van der Waals surface area contributed by atoms with Gasteiger partial charge in [-0.2, -0.15) is 10.2 Å². The third-order valence-electron chi connectivity index (χ3n) is 10.1. The Kier molecular flexibility index (Phi) is 14.9. The van der Waals surface area contributed by atoms with Crippen molar-refractivity contribution in [2.75, 3.05) is 33.0 Å². The monoisotopic (exact) mass is 880 g/mol. The Labute approximate surface area is 359 Å². The molecule has 2 fully saturated rings. The molecule has 0 bridgehead atoms. The molecule has 2 aliphatic heterocycles. The van der Waals surface area contributed by atoms with Crippen molar-refractivity contribution >= 4 is 23.2 Å². The van der Waals surface area contributed by atoms with Crippen LogP contribution in [-0.4, -0.2) is 143 Å². The molecule has 0 spiro atoms. The Morgan fingerprint density at radius 3 is 2.38 bits per heavy atom. The molecule has 1 unspecified atom stereocenters. The Morgan fingerprint density at radius 1 is 0.921 bits per heavy atom. The summed E-state index contributed by atoms with van der Waals surface area (Å²) in [6.45, 7) is 5.39. The molecule has 7 rings (SSSR count). The molecular weight excluding hydrogens is 832 g/mol. The average molecular weight is 881 g/mol. The molecular formula is C40H48N8O15. The zero-order valence-corrected chi connectivity index (χ0v) is 34.5. The van der Waals surface area contributed by atoms with E-state index in [1.165, 1.54) is 13.8 Å². The maximum absolute atomic E-state index is 13.9. The summed E-state index contributed by atoms with van der Waals surface area (Å²) in [6.07, 6.45) is -3.18. The topological polar surface area (TPSA) is 277 Å². The summed E-state index contributed by atoms with van der Waals surface area (Å²) in [5, 5.41) is 48.8. The van der Waals surface area contributed by atoms with E-state index in [-0.39, 0.29) is 38.4 Å². The highest BCUT2D eigenvalue weighted by Crippen LogP contribution is 2.33. The maximum Gasteiger partial charge on any atom is 0.512 e. The zero-order valence-electron chi connectivity index (χ0n) is 34.5. The van der Waals surface area contributed by atoms with Crippen LogP contribution in [0.25, 0.3) is 33.5 Å². The summed E-state index contributed by atoms with van der Waals surface area (Å²) >= 11 is 0. The van der Waals surface area contributed by atoms with E-state index in [1.807, 2.05) is 55.5 Å². The summed E-state index contributed by atoms with van der Waals surface area (Å²) in [5.74, 6) is -2.06. The second kappa shape index (κ2) is 20.7. The van der Waals surface area contributed by atoms with Gasteiger partial charge in [0, 0.05) is 26.0 Å². The van der Waals surface area contributed by atoms with Gasteiger partial charge in [0.25, 0.3) is 11.8 Å². The van der Waals surface area contributed by atoms with Gasteiger partial charge in [-0.15, -0.1) is 10.2 Å². The molecule has 0 amide bonds. The van der Waals surface area contributed by atoms with Crippen LogP contribution in [0, 0.1) is 0 Å². The number of esters is 1. The van der Waals surface area contributed by atoms with Crippen molar-refractivity contribution in [1.29, 1.82) is 0 Å². The van der Waals surface area contributed by atoms with Crippen molar-refractivity contribution in [2.45, 2.75) is 82.9 Å². The van der Waals surface area contributed by atoms with Crippen LogP contribution in [0.1, 0.15) is 56.0 Å². The zero-order chi connectivity index (χ0) is 44.5. The van der Waals surface area contributed by atoms with Gasteiger partial charge in [-0.1, -0.05) is 54.6 Å². The van der Waals surface area contributed by atoms with Crippen LogP contribution < -0.4 is 4.74 Å². The van der Waals surface area contributed by atoms with Crippen molar-refractivity contribution in [2.24, 2.45) is 0 Å². The number of H-pyrrole nitrogens is 1. The number of imidazole rings is 1. The summed E-state index contributed by atoms with van der Waals surface area (Å²) in [6, 6.07) is 21.0. The molecule has 2 aliphatic rings. The second-order valence-corrected chi connectivity index (χ2v) is 14.9. The number of tetrazole rings is 1. The van der Waals surface area contributed by atoms with Crippen molar-refractivity contribution in [3.63, 3.8) is 0 Å². The Bertz CT molecular complexity index is 2270. The van der Waals surface area contributed by atoms with Gasteiger partial charge in [-0.05, 0) is 60.2 Å². The number of hydrogen-bond acceptors (Lipinski definition) is 21. The van der Waals surface area contributed by atoms with Crippen LogP contribution in [0.3, 0.4) is 0 Å². The number of carbonyl (C=O) groups excluding carboxylic acids is 2. The minimum atomic E-state index is -1.77. The lowest BCUT2D eigenvalue weighted by Crippen LogP contribution is -2.38. The first-order valence-electron chi connectivity index (χ1n) is 20.1. The highest BCUT2D eigenvalue weighted by molar-refractivity contribution is 6.02. The first-order chi connectivity index (χ1) is 30.4. The van der Waals surface area contributed by atoms with Gasteiger partial charge in [0.1, 0.15) is 31.0 Å². The molecule has 5 aromatic rings. The largest absolute Gasteiger partial charge is 0.512 e. The van der Waals surface area contributed by atoms with Crippen molar-refractivity contribution in [1.82, 2.24) is 41.0 Å². The van der Waals surface area contributed by atoms with Crippen molar-refractivity contribution in [3.05, 3.63) is 77.9 Å². The van der Waals surface area contributed by atoms with Gasteiger partial charge in [0.05, 0.1) is 53.7 Å². The molecule has 0 radical (unpaired) electrons. The van der Waals surface area contributed by atoms with Crippen molar-refractivity contribution < 1.29 is 73.3 Å². The summed E-state index contributed by atoms with van der Waals surface area (Å²) in [4.78, 5) is 40.8. The first kappa shape index (κ1) is 45.3. The molecule has 3 aromatic carbocycles. The summed E-state index contributed by atoms with van der Waals surface area (Å²) in [5.41, 5.74) is 4.72. The van der Waals surface area contributed by atoms with Crippen LogP contribution in [0.15, 0.2) is 66.7 Å². The maximum atomic E-state index is 13.9. The number of unbranched alkanes of at least 4 members (excludes halogenated alkanes) is 1. The van der Waals surface area contributed by atoms with Crippen LogP contribution in [-0.2, 0) is 44.6 Å². The number of nitrogens with one attached hydrogen (secondary N) is 1. The predicted molar refractivity (Wildman–Crippen MR) is 211 cm³/mol. The lowest BCUT2D eigenvalue weighted by Gasteiger charge is -2.26. The molecule has 63 heavy (non-hydrogen) atoms. The molecule has 23 heteroatoms. The number of aromatic amines is 1.